The maximum absolute atomic E-state index is 12.6. The van der Waals surface area contributed by atoms with Crippen LogP contribution in [0.3, 0.4) is 0 Å². The van der Waals surface area contributed by atoms with Crippen LogP contribution < -0.4 is 15.4 Å². The number of halogens is 3. The second-order valence-electron chi connectivity index (χ2n) is 6.05. The van der Waals surface area contributed by atoms with E-state index in [1.807, 2.05) is 17.5 Å². The molecule has 160 valence electrons. The van der Waals surface area contributed by atoms with E-state index < -0.39 is 6.61 Å². The van der Waals surface area contributed by atoms with Gasteiger partial charge in [-0.15, -0.1) is 35.3 Å². The van der Waals surface area contributed by atoms with Crippen molar-refractivity contribution in [3.05, 3.63) is 52.2 Å². The molecule has 2 rings (SSSR count). The monoisotopic (exact) mass is 538 g/mol. The Kier molecular flexibility index (Phi) is 11.5. The number of guanidine groups is 1. The molecule has 29 heavy (non-hydrogen) atoms. The van der Waals surface area contributed by atoms with E-state index in [0.717, 1.165) is 6.42 Å². The van der Waals surface area contributed by atoms with Gasteiger partial charge in [0.2, 0.25) is 5.91 Å². The molecule has 2 N–H and O–H groups in total. The molecule has 0 aliphatic rings. The molecule has 0 radical (unpaired) electrons. The van der Waals surface area contributed by atoms with Gasteiger partial charge in [0.15, 0.2) is 5.96 Å². The Balaban J connectivity index is 0.00000420. The van der Waals surface area contributed by atoms with Gasteiger partial charge in [-0.1, -0.05) is 24.3 Å². The Bertz CT molecular complexity index is 773. The summed E-state index contributed by atoms with van der Waals surface area (Å²) < 4.78 is 29.7. The van der Waals surface area contributed by atoms with E-state index >= 15 is 0 Å². The average Bonchev–Trinajstić information content (AvgIpc) is 3.17. The molecular formula is C19H25F2IN4O2S. The van der Waals surface area contributed by atoms with Crippen molar-refractivity contribution in [2.45, 2.75) is 19.6 Å². The van der Waals surface area contributed by atoms with E-state index in [2.05, 4.69) is 20.4 Å². The lowest BCUT2D eigenvalue weighted by Crippen LogP contribution is -2.43. The molecule has 0 spiro atoms. The van der Waals surface area contributed by atoms with E-state index in [4.69, 9.17) is 0 Å². The maximum Gasteiger partial charge on any atom is 0.387 e. The number of rotatable bonds is 9. The Morgan fingerprint density at radius 2 is 1.97 bits per heavy atom. The molecule has 0 saturated heterocycles. The summed E-state index contributed by atoms with van der Waals surface area (Å²) in [5.74, 6) is 0.413. The molecule has 10 heteroatoms. The zero-order chi connectivity index (χ0) is 20.4. The highest BCUT2D eigenvalue weighted by atomic mass is 127. The third kappa shape index (κ3) is 9.39. The molecule has 0 bridgehead atoms. The van der Waals surface area contributed by atoms with Crippen LogP contribution in [0.5, 0.6) is 5.75 Å². The highest BCUT2D eigenvalue weighted by Gasteiger charge is 2.10. The number of nitrogens with one attached hydrogen (secondary N) is 2. The van der Waals surface area contributed by atoms with Crippen molar-refractivity contribution in [1.82, 2.24) is 15.5 Å². The number of amides is 1. The smallest absolute Gasteiger partial charge is 0.387 e. The Morgan fingerprint density at radius 1 is 1.21 bits per heavy atom. The number of ether oxygens (including phenoxy) is 1. The molecule has 1 aromatic heterocycles. The van der Waals surface area contributed by atoms with Gasteiger partial charge in [0.1, 0.15) is 5.75 Å². The first kappa shape index (κ1) is 25.1. The van der Waals surface area contributed by atoms with E-state index in [1.54, 1.807) is 43.6 Å². The number of para-hydroxylation sites is 1. The van der Waals surface area contributed by atoms with Crippen molar-refractivity contribution in [1.29, 1.82) is 0 Å². The highest BCUT2D eigenvalue weighted by Crippen LogP contribution is 2.20. The number of hydrogen-bond acceptors (Lipinski definition) is 4. The number of thiophene rings is 1. The van der Waals surface area contributed by atoms with E-state index in [1.165, 1.54) is 15.8 Å². The minimum Gasteiger partial charge on any atom is -0.434 e. The molecule has 1 amide bonds. The lowest BCUT2D eigenvalue weighted by Gasteiger charge is -2.15. The number of carbonyl (C=O) groups is 1. The van der Waals surface area contributed by atoms with E-state index in [0.29, 0.717) is 18.1 Å². The van der Waals surface area contributed by atoms with Gasteiger partial charge < -0.3 is 20.3 Å². The van der Waals surface area contributed by atoms with Crippen LogP contribution in [0.4, 0.5) is 8.78 Å². The number of carbonyl (C=O) groups excluding carboxylic acids is 1. The summed E-state index contributed by atoms with van der Waals surface area (Å²) in [5, 5.41) is 8.15. The normalized spacial score (nSPS) is 11.0. The minimum atomic E-state index is -2.90. The number of nitrogens with zero attached hydrogens (tertiary/aromatic N) is 2. The summed E-state index contributed by atoms with van der Waals surface area (Å²) in [6, 6.07) is 10.5. The van der Waals surface area contributed by atoms with Gasteiger partial charge in [-0.25, -0.2) is 4.99 Å². The van der Waals surface area contributed by atoms with Crippen LogP contribution in [0.25, 0.3) is 0 Å². The van der Waals surface area contributed by atoms with Crippen LogP contribution in [-0.2, 0) is 17.8 Å². The standard InChI is InChI=1S/C19H24F2N4O2S.HI/c1-25(2)17(26)13-24-19(22-10-9-15-7-5-11-28-15)23-12-14-6-3-4-8-16(14)27-18(20)21;/h3-8,11,18H,9-10,12-13H2,1-2H3,(H2,22,23,24);1H. The number of alkyl halides is 2. The molecule has 2 aromatic rings. The molecule has 0 unspecified atom stereocenters. The summed E-state index contributed by atoms with van der Waals surface area (Å²) >= 11 is 1.67. The van der Waals surface area contributed by atoms with E-state index in [-0.39, 0.29) is 48.7 Å². The second kappa shape index (κ2) is 13.3. The third-order valence-electron chi connectivity index (χ3n) is 3.75. The van der Waals surface area contributed by atoms with Gasteiger partial charge in [0, 0.05) is 31.1 Å². The zero-order valence-corrected chi connectivity index (χ0v) is 19.4. The predicted octanol–water partition coefficient (Wildman–Crippen LogP) is 3.33. The molecular weight excluding hydrogens is 513 g/mol. The van der Waals surface area contributed by atoms with Crippen molar-refractivity contribution in [2.24, 2.45) is 4.99 Å². The fraction of sp³-hybridized carbons (Fsp3) is 0.368. The zero-order valence-electron chi connectivity index (χ0n) is 16.2. The van der Waals surface area contributed by atoms with Crippen molar-refractivity contribution >= 4 is 47.2 Å². The van der Waals surface area contributed by atoms with Gasteiger partial charge in [-0.2, -0.15) is 8.78 Å². The third-order valence-corrected chi connectivity index (χ3v) is 4.68. The number of likely N-dealkylation sites (N-methyl/N-ethyl adjacent to an activating group) is 1. The SMILES string of the molecule is CN(C)C(=O)CNC(=NCc1ccccc1OC(F)F)NCCc1cccs1.I. The van der Waals surface area contributed by atoms with Crippen LogP contribution in [0, 0.1) is 0 Å². The number of aliphatic imine (C=N–C) groups is 1. The summed E-state index contributed by atoms with van der Waals surface area (Å²) in [5.41, 5.74) is 0.529. The number of hydrogen-bond donors (Lipinski definition) is 2. The van der Waals surface area contributed by atoms with Crippen LogP contribution >= 0.6 is 35.3 Å². The van der Waals surface area contributed by atoms with Crippen LogP contribution in [0.2, 0.25) is 0 Å². The Hall–Kier alpha value is -1.95. The molecule has 6 nitrogen and oxygen atoms in total. The van der Waals surface area contributed by atoms with Crippen LogP contribution in [-0.4, -0.2) is 50.6 Å². The molecule has 0 aliphatic carbocycles. The maximum atomic E-state index is 12.6. The van der Waals surface area contributed by atoms with Gasteiger partial charge >= 0.3 is 6.61 Å². The largest absolute Gasteiger partial charge is 0.434 e. The lowest BCUT2D eigenvalue weighted by atomic mass is 10.2. The first-order valence-corrected chi connectivity index (χ1v) is 9.61. The van der Waals surface area contributed by atoms with Crippen molar-refractivity contribution in [2.75, 3.05) is 27.2 Å². The predicted molar refractivity (Wildman–Crippen MR) is 122 cm³/mol. The van der Waals surface area contributed by atoms with E-state index in [9.17, 15) is 13.6 Å². The Morgan fingerprint density at radius 3 is 2.62 bits per heavy atom. The summed E-state index contributed by atoms with van der Waals surface area (Å²) in [6.45, 7) is -2.07. The summed E-state index contributed by atoms with van der Waals surface area (Å²) in [4.78, 5) is 19.0. The lowest BCUT2D eigenvalue weighted by molar-refractivity contribution is -0.127. The van der Waals surface area contributed by atoms with Crippen LogP contribution in [0.15, 0.2) is 46.8 Å². The van der Waals surface area contributed by atoms with Gasteiger partial charge in [-0.3, -0.25) is 4.79 Å². The fourth-order valence-electron chi connectivity index (χ4n) is 2.26. The Labute approximate surface area is 190 Å². The van der Waals surface area contributed by atoms with Gasteiger partial charge in [0.05, 0.1) is 13.1 Å². The molecule has 0 aliphatic heterocycles. The molecule has 0 saturated carbocycles. The van der Waals surface area contributed by atoms with Gasteiger partial charge in [0.25, 0.3) is 0 Å². The highest BCUT2D eigenvalue weighted by molar-refractivity contribution is 14.0. The van der Waals surface area contributed by atoms with Crippen molar-refractivity contribution in [3.63, 3.8) is 0 Å². The van der Waals surface area contributed by atoms with Crippen molar-refractivity contribution < 1.29 is 18.3 Å². The first-order valence-electron chi connectivity index (χ1n) is 8.73. The molecule has 1 heterocycles. The fourth-order valence-corrected chi connectivity index (χ4v) is 2.97. The summed E-state index contributed by atoms with van der Waals surface area (Å²) in [7, 11) is 3.34. The van der Waals surface area contributed by atoms with Crippen LogP contribution in [0.1, 0.15) is 10.4 Å². The molecule has 0 fully saturated rings. The molecule has 1 aromatic carbocycles. The second-order valence-corrected chi connectivity index (χ2v) is 7.08. The molecule has 0 atom stereocenters. The minimum absolute atomic E-state index is 0. The topological polar surface area (TPSA) is 66.0 Å². The number of benzene rings is 1. The average molecular weight is 538 g/mol. The first-order chi connectivity index (χ1) is 13.5. The summed E-state index contributed by atoms with van der Waals surface area (Å²) in [6.07, 6.45) is 0.811. The quantitative estimate of drug-likeness (QED) is 0.292. The van der Waals surface area contributed by atoms with Crippen molar-refractivity contribution in [3.8, 4) is 5.75 Å². The van der Waals surface area contributed by atoms with Gasteiger partial charge in [-0.05, 0) is 23.9 Å².